The Morgan fingerprint density at radius 3 is 2.51 bits per heavy atom. The number of aliphatic hydroxyl groups is 1. The van der Waals surface area contributed by atoms with Gasteiger partial charge in [0, 0.05) is 31.7 Å². The molecule has 2 heterocycles. The number of carbonyl (C=O) groups excluding carboxylic acids is 2. The summed E-state index contributed by atoms with van der Waals surface area (Å²) >= 11 is 0. The number of methoxy groups -OCH3 is 1. The molecule has 2 saturated heterocycles. The molecule has 0 saturated carbocycles. The lowest BCUT2D eigenvalue weighted by Gasteiger charge is -2.29. The second-order valence-electron chi connectivity index (χ2n) is 9.91. The molecule has 1 atom stereocenters. The maximum Gasteiger partial charge on any atom is 0.295 e. The molecule has 0 spiro atoms. The summed E-state index contributed by atoms with van der Waals surface area (Å²) in [6.45, 7) is 8.68. The number of ketones is 1. The molecule has 39 heavy (non-hydrogen) atoms. The van der Waals surface area contributed by atoms with Gasteiger partial charge in [-0.2, -0.15) is 0 Å². The van der Waals surface area contributed by atoms with Crippen LogP contribution in [0, 0.1) is 6.92 Å². The number of phenolic OH excluding ortho intramolecular Hbond substituents is 1. The maximum atomic E-state index is 13.4. The smallest absolute Gasteiger partial charge is 0.295 e. The monoisotopic (exact) mass is 538 g/mol. The van der Waals surface area contributed by atoms with Crippen LogP contribution in [0.5, 0.6) is 17.2 Å². The largest absolute Gasteiger partial charge is 0.507 e. The number of likely N-dealkylation sites (tertiary alicyclic amines) is 1. The van der Waals surface area contributed by atoms with Gasteiger partial charge in [-0.05, 0) is 61.2 Å². The van der Waals surface area contributed by atoms with Crippen LogP contribution in [-0.4, -0.2) is 84.8 Å². The van der Waals surface area contributed by atoms with E-state index in [1.165, 1.54) is 18.1 Å². The van der Waals surface area contributed by atoms with Crippen LogP contribution in [0.4, 0.5) is 0 Å². The van der Waals surface area contributed by atoms with E-state index in [1.54, 1.807) is 30.3 Å². The molecule has 2 aromatic carbocycles. The first-order valence-corrected chi connectivity index (χ1v) is 13.5. The van der Waals surface area contributed by atoms with E-state index < -0.39 is 17.7 Å². The van der Waals surface area contributed by atoms with Crippen molar-refractivity contribution in [3.05, 3.63) is 58.7 Å². The molecule has 0 aromatic heterocycles. The van der Waals surface area contributed by atoms with Gasteiger partial charge in [-0.25, -0.2) is 0 Å². The predicted molar refractivity (Wildman–Crippen MR) is 147 cm³/mol. The van der Waals surface area contributed by atoms with Crippen LogP contribution < -0.4 is 9.47 Å². The van der Waals surface area contributed by atoms with E-state index in [4.69, 9.17) is 14.2 Å². The Morgan fingerprint density at radius 2 is 1.82 bits per heavy atom. The molecule has 2 aliphatic rings. The molecule has 0 unspecified atom stereocenters. The topological polar surface area (TPSA) is 109 Å². The van der Waals surface area contributed by atoms with E-state index in [1.807, 2.05) is 6.92 Å². The summed E-state index contributed by atoms with van der Waals surface area (Å²) in [4.78, 5) is 30.5. The van der Waals surface area contributed by atoms with E-state index in [2.05, 4.69) is 11.8 Å². The highest BCUT2D eigenvalue weighted by Gasteiger charge is 2.46. The van der Waals surface area contributed by atoms with Crippen LogP contribution in [0.15, 0.2) is 42.0 Å². The van der Waals surface area contributed by atoms with Gasteiger partial charge in [0.1, 0.15) is 11.5 Å². The third-order valence-corrected chi connectivity index (χ3v) is 7.24. The number of Topliss-reactive ketones (excluding diaryl/α,β-unsaturated/α-hetero) is 1. The number of aliphatic hydroxyl groups excluding tert-OH is 1. The molecule has 1 amide bonds. The number of benzene rings is 2. The average Bonchev–Trinajstić information content (AvgIpc) is 3.19. The van der Waals surface area contributed by atoms with Crippen molar-refractivity contribution in [3.8, 4) is 17.2 Å². The first-order chi connectivity index (χ1) is 18.8. The molecule has 2 N–H and O–H groups in total. The Labute approximate surface area is 229 Å². The summed E-state index contributed by atoms with van der Waals surface area (Å²) in [6, 6.07) is 9.12. The van der Waals surface area contributed by atoms with Crippen LogP contribution in [-0.2, 0) is 14.3 Å². The van der Waals surface area contributed by atoms with Gasteiger partial charge in [0.15, 0.2) is 11.5 Å². The molecular weight excluding hydrogens is 500 g/mol. The first kappa shape index (κ1) is 28.4. The zero-order valence-electron chi connectivity index (χ0n) is 22.9. The van der Waals surface area contributed by atoms with Crippen molar-refractivity contribution in [3.63, 3.8) is 0 Å². The number of aryl methyl sites for hydroxylation is 1. The van der Waals surface area contributed by atoms with Gasteiger partial charge in [-0.3, -0.25) is 14.5 Å². The van der Waals surface area contributed by atoms with Gasteiger partial charge < -0.3 is 29.3 Å². The zero-order valence-corrected chi connectivity index (χ0v) is 22.9. The number of carbonyl (C=O) groups is 2. The van der Waals surface area contributed by atoms with Crippen molar-refractivity contribution in [1.82, 2.24) is 9.80 Å². The fourth-order valence-electron chi connectivity index (χ4n) is 5.05. The predicted octanol–water partition coefficient (Wildman–Crippen LogP) is 4.03. The lowest BCUT2D eigenvalue weighted by molar-refractivity contribution is -0.140. The minimum atomic E-state index is -0.829. The molecule has 2 fully saturated rings. The van der Waals surface area contributed by atoms with Crippen LogP contribution in [0.3, 0.4) is 0 Å². The number of nitrogens with zero attached hydrogens (tertiary/aromatic N) is 2. The highest BCUT2D eigenvalue weighted by molar-refractivity contribution is 6.46. The second-order valence-corrected chi connectivity index (χ2v) is 9.91. The molecular formula is C30H38N2O7. The summed E-state index contributed by atoms with van der Waals surface area (Å²) < 4.78 is 16.5. The van der Waals surface area contributed by atoms with Crippen LogP contribution in [0.2, 0.25) is 0 Å². The number of ether oxygens (including phenoxy) is 3. The van der Waals surface area contributed by atoms with Crippen molar-refractivity contribution < 1.29 is 34.0 Å². The summed E-state index contributed by atoms with van der Waals surface area (Å²) in [7, 11) is 1.44. The summed E-state index contributed by atoms with van der Waals surface area (Å²) in [5.41, 5.74) is 1.82. The van der Waals surface area contributed by atoms with E-state index in [0.717, 1.165) is 38.0 Å². The maximum absolute atomic E-state index is 13.4. The minimum absolute atomic E-state index is 0.0122. The van der Waals surface area contributed by atoms with E-state index in [-0.39, 0.29) is 22.8 Å². The van der Waals surface area contributed by atoms with Gasteiger partial charge in [0.05, 0.1) is 38.5 Å². The van der Waals surface area contributed by atoms with Crippen molar-refractivity contribution in [2.24, 2.45) is 0 Å². The van der Waals surface area contributed by atoms with Gasteiger partial charge >= 0.3 is 0 Å². The van der Waals surface area contributed by atoms with E-state index in [0.29, 0.717) is 49.7 Å². The van der Waals surface area contributed by atoms with Crippen molar-refractivity contribution >= 4 is 17.4 Å². The standard InChI is InChI=1S/C30H38N2O7/c1-4-5-15-39-24-10-8-22(18-20(24)2)28(34)26-27(21-7-9-23(33)25(19-21)37-3)32(30(36)29(26)35)12-6-11-31-13-16-38-17-14-31/h7-10,18-19,27,33-34H,4-6,11-17H2,1-3H3/t27-/m0/s1. The highest BCUT2D eigenvalue weighted by atomic mass is 16.5. The quantitative estimate of drug-likeness (QED) is 0.191. The molecule has 2 aliphatic heterocycles. The normalized spacial score (nSPS) is 19.5. The Bertz CT molecular complexity index is 1220. The number of hydrogen-bond donors (Lipinski definition) is 2. The van der Waals surface area contributed by atoms with E-state index >= 15 is 0 Å². The van der Waals surface area contributed by atoms with Crippen LogP contribution in [0.25, 0.3) is 5.76 Å². The van der Waals surface area contributed by atoms with Gasteiger partial charge in [-0.1, -0.05) is 19.4 Å². The molecule has 9 nitrogen and oxygen atoms in total. The summed E-state index contributed by atoms with van der Waals surface area (Å²) in [5, 5.41) is 21.6. The number of amides is 1. The Morgan fingerprint density at radius 1 is 1.05 bits per heavy atom. The Kier molecular flexibility index (Phi) is 9.48. The molecule has 0 radical (unpaired) electrons. The number of hydrogen-bond acceptors (Lipinski definition) is 8. The van der Waals surface area contributed by atoms with Gasteiger partial charge in [-0.15, -0.1) is 0 Å². The van der Waals surface area contributed by atoms with Gasteiger partial charge in [0.25, 0.3) is 11.7 Å². The number of phenols is 1. The summed E-state index contributed by atoms with van der Waals surface area (Å²) in [5.74, 6) is -0.771. The van der Waals surface area contributed by atoms with Crippen LogP contribution in [0.1, 0.15) is 48.9 Å². The second kappa shape index (κ2) is 13.0. The van der Waals surface area contributed by atoms with Gasteiger partial charge in [0.2, 0.25) is 0 Å². The highest BCUT2D eigenvalue weighted by Crippen LogP contribution is 2.42. The van der Waals surface area contributed by atoms with Crippen molar-refractivity contribution in [1.29, 1.82) is 0 Å². The molecule has 9 heteroatoms. The number of rotatable bonds is 11. The molecule has 210 valence electrons. The summed E-state index contributed by atoms with van der Waals surface area (Å²) in [6.07, 6.45) is 2.61. The lowest BCUT2D eigenvalue weighted by Crippen LogP contribution is -2.38. The van der Waals surface area contributed by atoms with Crippen molar-refractivity contribution in [2.45, 2.75) is 39.2 Å². The minimum Gasteiger partial charge on any atom is -0.507 e. The van der Waals surface area contributed by atoms with Crippen LogP contribution >= 0.6 is 0 Å². The third-order valence-electron chi connectivity index (χ3n) is 7.24. The van der Waals surface area contributed by atoms with E-state index in [9.17, 15) is 19.8 Å². The number of morpholine rings is 1. The fourth-order valence-corrected chi connectivity index (χ4v) is 5.05. The average molecular weight is 539 g/mol. The van der Waals surface area contributed by atoms with Crippen molar-refractivity contribution in [2.75, 3.05) is 53.1 Å². The number of aromatic hydroxyl groups is 1. The fraction of sp³-hybridized carbons (Fsp3) is 0.467. The lowest BCUT2D eigenvalue weighted by atomic mass is 9.94. The Balaban J connectivity index is 1.68. The Hall–Kier alpha value is -3.56. The molecule has 4 rings (SSSR count). The molecule has 0 bridgehead atoms. The molecule has 0 aliphatic carbocycles. The SMILES string of the molecule is CCCCOc1ccc(C(O)=C2C(=O)C(=O)N(CCCN3CCOCC3)[C@H]2c2ccc(O)c(OC)c2)cc1C. The molecule has 2 aromatic rings. The zero-order chi connectivity index (χ0) is 27.9. The third kappa shape index (κ3) is 6.37. The first-order valence-electron chi connectivity index (χ1n) is 13.5. The number of unbranched alkanes of at least 4 members (excludes halogenated alkanes) is 1.